The third-order valence-corrected chi connectivity index (χ3v) is 18.5. The fourth-order valence-corrected chi connectivity index (χ4v) is 14.5. The standard InChI is InChI=1S/C46H74O15/c1-22-30(49)35(60-37-33(52)31(50)25(47)20-56-37)34(53)38(58-22)61-36-32(51)26(48)21-57-39(36)59-29-12-13-43(6)27(42(29,4)5)11-14-45(8)28(43)10-9-23-24-19-41(2,3)15-17-46(24,40(54)55)18-16-44(23,45)7/h9,22,24-39,47-53H,10-21H2,1-8H3,(H,54,55)/t22-,24-,25+,26-,27-,28+,29-,30-,31+,32-,33+,34+,35+,36+,37-,38-,39-,43-,44+,45+,46-/m1/s1. The Balaban J connectivity index is 1.00. The van der Waals surface area contributed by atoms with E-state index in [1.807, 2.05) is 0 Å². The van der Waals surface area contributed by atoms with Gasteiger partial charge in [-0.05, 0) is 116 Å². The van der Waals surface area contributed by atoms with Gasteiger partial charge in [0.15, 0.2) is 18.9 Å². The van der Waals surface area contributed by atoms with E-state index < -0.39 is 91.3 Å². The Morgan fingerprint density at radius 3 is 2.00 bits per heavy atom. The van der Waals surface area contributed by atoms with Crippen molar-refractivity contribution >= 4 is 5.97 Å². The molecule has 3 saturated heterocycles. The van der Waals surface area contributed by atoms with Crippen molar-refractivity contribution in [1.82, 2.24) is 0 Å². The molecule has 15 nitrogen and oxygen atoms in total. The van der Waals surface area contributed by atoms with E-state index in [9.17, 15) is 45.6 Å². The van der Waals surface area contributed by atoms with Crippen LogP contribution in [0.4, 0.5) is 0 Å². The molecule has 0 amide bonds. The molecule has 15 heteroatoms. The van der Waals surface area contributed by atoms with Gasteiger partial charge in [-0.1, -0.05) is 60.1 Å². The number of aliphatic carboxylic acids is 1. The average Bonchev–Trinajstić information content (AvgIpc) is 3.18. The quantitative estimate of drug-likeness (QED) is 0.136. The van der Waals surface area contributed by atoms with Gasteiger partial charge in [-0.3, -0.25) is 4.79 Å². The van der Waals surface area contributed by atoms with Gasteiger partial charge >= 0.3 is 5.97 Å². The first-order chi connectivity index (χ1) is 28.4. The zero-order valence-electron chi connectivity index (χ0n) is 37.3. The van der Waals surface area contributed by atoms with E-state index in [1.54, 1.807) is 0 Å². The first-order valence-corrected chi connectivity index (χ1v) is 23.0. The molecule has 5 aliphatic carbocycles. The number of hydrogen-bond donors (Lipinski definition) is 8. The number of aliphatic hydroxyl groups excluding tert-OH is 7. The summed E-state index contributed by atoms with van der Waals surface area (Å²) in [6.07, 6.45) is -7.57. The highest BCUT2D eigenvalue weighted by atomic mass is 16.8. The van der Waals surface area contributed by atoms with E-state index in [0.717, 1.165) is 57.8 Å². The number of allylic oxidation sites excluding steroid dienone is 2. The van der Waals surface area contributed by atoms with Crippen molar-refractivity contribution in [2.45, 2.75) is 206 Å². The van der Waals surface area contributed by atoms with Crippen LogP contribution in [0.2, 0.25) is 0 Å². The van der Waals surface area contributed by atoms with Gasteiger partial charge in [-0.2, -0.15) is 0 Å². The van der Waals surface area contributed by atoms with Gasteiger partial charge in [0.2, 0.25) is 0 Å². The monoisotopic (exact) mass is 867 g/mol. The van der Waals surface area contributed by atoms with Crippen molar-refractivity contribution in [2.75, 3.05) is 13.2 Å². The molecule has 7 fully saturated rings. The number of carboxylic acid groups (broad SMARTS) is 1. The van der Waals surface area contributed by atoms with E-state index in [4.69, 9.17) is 28.4 Å². The summed E-state index contributed by atoms with van der Waals surface area (Å²) in [6, 6.07) is 0. The van der Waals surface area contributed by atoms with Gasteiger partial charge in [-0.15, -0.1) is 0 Å². The van der Waals surface area contributed by atoms with Crippen LogP contribution in [0.3, 0.4) is 0 Å². The molecule has 3 aliphatic heterocycles. The maximum atomic E-state index is 13.1. The normalized spacial score (nSPS) is 54.3. The molecular weight excluding hydrogens is 792 g/mol. The summed E-state index contributed by atoms with van der Waals surface area (Å²) >= 11 is 0. The van der Waals surface area contributed by atoms with Crippen LogP contribution < -0.4 is 0 Å². The molecule has 0 aromatic heterocycles. The van der Waals surface area contributed by atoms with E-state index in [0.29, 0.717) is 12.3 Å². The van der Waals surface area contributed by atoms with Crippen LogP contribution in [0.15, 0.2) is 11.6 Å². The van der Waals surface area contributed by atoms with Crippen LogP contribution in [0.5, 0.6) is 0 Å². The van der Waals surface area contributed by atoms with Crippen molar-refractivity contribution in [2.24, 2.45) is 50.2 Å². The molecule has 61 heavy (non-hydrogen) atoms. The van der Waals surface area contributed by atoms with E-state index >= 15 is 0 Å². The van der Waals surface area contributed by atoms with Crippen molar-refractivity contribution in [3.63, 3.8) is 0 Å². The Morgan fingerprint density at radius 1 is 0.672 bits per heavy atom. The highest BCUT2D eigenvalue weighted by Gasteiger charge is 2.69. The van der Waals surface area contributed by atoms with E-state index in [1.165, 1.54) is 12.5 Å². The molecule has 0 unspecified atom stereocenters. The lowest BCUT2D eigenvalue weighted by molar-refractivity contribution is -0.378. The van der Waals surface area contributed by atoms with Crippen LogP contribution in [0, 0.1) is 50.2 Å². The molecule has 0 aromatic carbocycles. The second-order valence-corrected chi connectivity index (χ2v) is 22.6. The van der Waals surface area contributed by atoms with Crippen molar-refractivity contribution < 1.29 is 74.1 Å². The first kappa shape index (κ1) is 46.2. The first-order valence-electron chi connectivity index (χ1n) is 23.0. The summed E-state index contributed by atoms with van der Waals surface area (Å²) < 4.78 is 36.2. The molecule has 3 heterocycles. The summed E-state index contributed by atoms with van der Waals surface area (Å²) in [5.41, 5.74) is 0.298. The molecule has 0 radical (unpaired) electrons. The molecule has 8 aliphatic rings. The molecule has 0 spiro atoms. The number of carboxylic acids is 1. The maximum absolute atomic E-state index is 13.1. The number of fused-ring (bicyclic) bond motifs is 7. The van der Waals surface area contributed by atoms with Gasteiger partial charge in [-0.25, -0.2) is 0 Å². The molecule has 21 atom stereocenters. The van der Waals surface area contributed by atoms with Crippen molar-refractivity contribution in [3.8, 4) is 0 Å². The lowest BCUT2D eigenvalue weighted by atomic mass is 9.33. The Hall–Kier alpha value is -1.31. The second kappa shape index (κ2) is 15.9. The zero-order chi connectivity index (χ0) is 44.4. The van der Waals surface area contributed by atoms with Gasteiger partial charge < -0.3 is 69.3 Å². The molecular formula is C46H74O15. The van der Waals surface area contributed by atoms with Gasteiger partial charge in [0.25, 0.3) is 0 Å². The Bertz CT molecular complexity index is 1670. The van der Waals surface area contributed by atoms with E-state index in [-0.39, 0.29) is 58.2 Å². The summed E-state index contributed by atoms with van der Waals surface area (Å²) in [5.74, 6) is 0.0702. The number of rotatable bonds is 7. The average molecular weight is 867 g/mol. The fraction of sp³-hybridized carbons (Fsp3) is 0.935. The summed E-state index contributed by atoms with van der Waals surface area (Å²) in [5, 5.41) is 85.9. The van der Waals surface area contributed by atoms with Crippen LogP contribution in [-0.2, 0) is 33.2 Å². The predicted octanol–water partition coefficient (Wildman–Crippen LogP) is 3.01. The topological polar surface area (TPSA) is 234 Å². The van der Waals surface area contributed by atoms with Gasteiger partial charge in [0, 0.05) is 0 Å². The third-order valence-electron chi connectivity index (χ3n) is 18.5. The van der Waals surface area contributed by atoms with Crippen LogP contribution in [0.1, 0.15) is 120 Å². The largest absolute Gasteiger partial charge is 0.481 e. The molecule has 0 bridgehead atoms. The van der Waals surface area contributed by atoms with Crippen molar-refractivity contribution in [3.05, 3.63) is 11.6 Å². The van der Waals surface area contributed by atoms with Crippen LogP contribution in [0.25, 0.3) is 0 Å². The van der Waals surface area contributed by atoms with Crippen LogP contribution >= 0.6 is 0 Å². The lowest BCUT2D eigenvalue weighted by Crippen LogP contribution is -2.66. The van der Waals surface area contributed by atoms with E-state index in [2.05, 4.69) is 54.5 Å². The number of aliphatic hydroxyl groups is 7. The minimum Gasteiger partial charge on any atom is -0.481 e. The Kier molecular flexibility index (Phi) is 12.1. The lowest BCUT2D eigenvalue weighted by Gasteiger charge is -2.71. The molecule has 8 N–H and O–H groups in total. The number of carbonyl (C=O) groups is 1. The second-order valence-electron chi connectivity index (χ2n) is 22.6. The summed E-state index contributed by atoms with van der Waals surface area (Å²) in [7, 11) is 0. The zero-order valence-corrected chi connectivity index (χ0v) is 37.3. The predicted molar refractivity (Wildman–Crippen MR) is 217 cm³/mol. The number of ether oxygens (including phenoxy) is 6. The molecule has 348 valence electrons. The van der Waals surface area contributed by atoms with Crippen molar-refractivity contribution in [1.29, 1.82) is 0 Å². The highest BCUT2D eigenvalue weighted by Crippen LogP contribution is 2.76. The third kappa shape index (κ3) is 7.21. The highest BCUT2D eigenvalue weighted by molar-refractivity contribution is 5.76. The molecule has 8 rings (SSSR count). The minimum absolute atomic E-state index is 0.0145. The summed E-state index contributed by atoms with van der Waals surface area (Å²) in [6.45, 7) is 17.5. The Labute approximate surface area is 360 Å². The number of hydrogen-bond acceptors (Lipinski definition) is 14. The Morgan fingerprint density at radius 2 is 1.31 bits per heavy atom. The molecule has 4 saturated carbocycles. The minimum atomic E-state index is -1.69. The smallest absolute Gasteiger partial charge is 0.310 e. The van der Waals surface area contributed by atoms with Gasteiger partial charge in [0.05, 0.1) is 30.8 Å². The fourth-order valence-electron chi connectivity index (χ4n) is 14.5. The summed E-state index contributed by atoms with van der Waals surface area (Å²) in [4.78, 5) is 13.1. The molecule has 0 aromatic rings. The maximum Gasteiger partial charge on any atom is 0.310 e. The van der Waals surface area contributed by atoms with Gasteiger partial charge in [0.1, 0.15) is 54.9 Å². The van der Waals surface area contributed by atoms with Crippen LogP contribution in [-0.4, -0.2) is 146 Å². The SMILES string of the molecule is C[C@H]1O[C@H](O[C@@H]2[C@@H](O[C@@H]3CC[C@]4(C)[C@H](CC[C@@]5(C)[C@H]4CC=C4[C@H]6CC(C)(C)CC[C@@]6(C(=O)O)CC[C@@]45C)C3(C)C)OC[C@@H](O)[C@H]2O)[C@@H](O)[C@@H](O[C@H]2OC[C@H](O)[C@H](O)[C@@H]2O)[C@@H]1O.